The van der Waals surface area contributed by atoms with Crippen molar-refractivity contribution in [3.05, 3.63) is 46.0 Å². The normalized spacial score (nSPS) is 27.6. The molecule has 0 spiro atoms. The predicted octanol–water partition coefficient (Wildman–Crippen LogP) is 0.224. The molecule has 2 heterocycles. The molecular weight excluding hydrogens is 360 g/mol. The van der Waals surface area contributed by atoms with Crippen LogP contribution in [0.3, 0.4) is 0 Å². The van der Waals surface area contributed by atoms with E-state index in [-0.39, 0.29) is 28.9 Å². The summed E-state index contributed by atoms with van der Waals surface area (Å²) < 4.78 is 10.5. The summed E-state index contributed by atoms with van der Waals surface area (Å²) in [6.07, 6.45) is -2.95. The number of benzene rings is 2. The number of aromatic hydroxyl groups is 3. The molecule has 3 atom stereocenters. The van der Waals surface area contributed by atoms with Gasteiger partial charge in [0, 0.05) is 12.0 Å². The molecule has 0 radical (unpaired) electrons. The Labute approximate surface area is 150 Å². The lowest BCUT2D eigenvalue weighted by Gasteiger charge is -2.23. The number of phenolic OH excluding ortho intramolecular Hbond substituents is 3. The van der Waals surface area contributed by atoms with E-state index < -0.39 is 58.1 Å². The minimum atomic E-state index is -1.90. The summed E-state index contributed by atoms with van der Waals surface area (Å²) >= 11 is 0. The summed E-state index contributed by atoms with van der Waals surface area (Å²) in [6, 6.07) is 3.31. The summed E-state index contributed by atoms with van der Waals surface area (Å²) in [5.74, 6) is -3.47. The second kappa shape index (κ2) is 4.77. The molecule has 1 saturated heterocycles. The van der Waals surface area contributed by atoms with Crippen molar-refractivity contribution in [2.24, 2.45) is 0 Å². The molecule has 2 aliphatic heterocycles. The summed E-state index contributed by atoms with van der Waals surface area (Å²) in [5.41, 5.74) is -3.56. The second-order valence-electron chi connectivity index (χ2n) is 6.70. The summed E-state index contributed by atoms with van der Waals surface area (Å²) in [6.45, 7) is 0. The number of aliphatic hydroxyl groups is 2. The molecule has 0 saturated carbocycles. The van der Waals surface area contributed by atoms with Gasteiger partial charge in [-0.05, 0) is 18.2 Å². The number of ketones is 2. The van der Waals surface area contributed by atoms with Crippen LogP contribution in [0.4, 0.5) is 0 Å². The number of hydrogen-bond donors (Lipinski definition) is 5. The standard InChI is InChI=1S/C18H12O9/c19-6-1-2-7(20)12-11(6)14(22)5-3-8-13(16(24)10(5)15(12)23)18(25)4-9(21)27-17(18)26-8/h1-3,9,17,19-21,24-25H,4H2/t9-,17-,18+/m0/s1. The van der Waals surface area contributed by atoms with Gasteiger partial charge in [-0.25, -0.2) is 0 Å². The van der Waals surface area contributed by atoms with Crippen LogP contribution in [0.25, 0.3) is 0 Å². The third-order valence-corrected chi connectivity index (χ3v) is 5.18. The van der Waals surface area contributed by atoms with Gasteiger partial charge in [0.1, 0.15) is 23.0 Å². The van der Waals surface area contributed by atoms with Gasteiger partial charge in [0.25, 0.3) is 0 Å². The van der Waals surface area contributed by atoms with Crippen molar-refractivity contribution in [3.8, 4) is 23.0 Å². The zero-order valence-corrected chi connectivity index (χ0v) is 13.5. The average Bonchev–Trinajstić information content (AvgIpc) is 3.02. The highest BCUT2D eigenvalue weighted by Crippen LogP contribution is 2.55. The van der Waals surface area contributed by atoms with Crippen LogP contribution in [-0.2, 0) is 10.3 Å². The van der Waals surface area contributed by atoms with E-state index in [1.165, 1.54) is 6.07 Å². The Hall–Kier alpha value is -3.14. The molecule has 9 heteroatoms. The number of hydrogen-bond acceptors (Lipinski definition) is 9. The predicted molar refractivity (Wildman–Crippen MR) is 84.8 cm³/mol. The van der Waals surface area contributed by atoms with Crippen LogP contribution in [0.15, 0.2) is 18.2 Å². The largest absolute Gasteiger partial charge is 0.507 e. The van der Waals surface area contributed by atoms with Crippen LogP contribution >= 0.6 is 0 Å². The van der Waals surface area contributed by atoms with Crippen LogP contribution in [-0.4, -0.2) is 49.7 Å². The summed E-state index contributed by atoms with van der Waals surface area (Å²) in [7, 11) is 0. The van der Waals surface area contributed by atoms with Crippen molar-refractivity contribution in [3.63, 3.8) is 0 Å². The summed E-state index contributed by atoms with van der Waals surface area (Å²) in [4.78, 5) is 25.8. The van der Waals surface area contributed by atoms with Gasteiger partial charge in [0.15, 0.2) is 17.7 Å². The lowest BCUT2D eigenvalue weighted by molar-refractivity contribution is -0.173. The number of carbonyl (C=O) groups excluding carboxylic acids is 2. The van der Waals surface area contributed by atoms with Crippen LogP contribution in [0.1, 0.15) is 43.8 Å². The molecule has 138 valence electrons. The number of rotatable bonds is 0. The minimum absolute atomic E-state index is 0.0742. The molecule has 0 amide bonds. The van der Waals surface area contributed by atoms with Crippen molar-refractivity contribution < 1.29 is 44.6 Å². The smallest absolute Gasteiger partial charge is 0.235 e. The lowest BCUT2D eigenvalue weighted by Crippen LogP contribution is -2.33. The number of phenols is 3. The summed E-state index contributed by atoms with van der Waals surface area (Å²) in [5, 5.41) is 51.2. The van der Waals surface area contributed by atoms with Crippen molar-refractivity contribution in [2.45, 2.75) is 24.6 Å². The maximum atomic E-state index is 12.9. The van der Waals surface area contributed by atoms with Gasteiger partial charge in [-0.15, -0.1) is 0 Å². The molecule has 2 aromatic carbocycles. The SMILES string of the molecule is O=C1c2cc3c(c(O)c2C(=O)c2c(O)ccc(O)c21)[C@]1(O)C[C@@H](O)O[C@@H]1O3. The first-order chi connectivity index (χ1) is 12.7. The molecule has 0 aromatic heterocycles. The second-order valence-corrected chi connectivity index (χ2v) is 6.70. The first kappa shape index (κ1) is 16.1. The molecule has 0 unspecified atom stereocenters. The maximum absolute atomic E-state index is 12.9. The highest BCUT2D eigenvalue weighted by molar-refractivity contribution is 6.31. The third kappa shape index (κ3) is 1.78. The molecule has 9 nitrogen and oxygen atoms in total. The van der Waals surface area contributed by atoms with E-state index >= 15 is 0 Å². The van der Waals surface area contributed by atoms with Crippen molar-refractivity contribution in [1.82, 2.24) is 0 Å². The number of ether oxygens (including phenoxy) is 2. The third-order valence-electron chi connectivity index (χ3n) is 5.18. The molecule has 3 aliphatic rings. The first-order valence-corrected chi connectivity index (χ1v) is 8.01. The molecular formula is C18H12O9. The van der Waals surface area contributed by atoms with E-state index in [1.54, 1.807) is 0 Å². The Kier molecular flexibility index (Phi) is 2.84. The quantitative estimate of drug-likeness (QED) is 0.349. The van der Waals surface area contributed by atoms with Crippen molar-refractivity contribution >= 4 is 11.6 Å². The van der Waals surface area contributed by atoms with Gasteiger partial charge in [-0.2, -0.15) is 0 Å². The Morgan fingerprint density at radius 2 is 1.63 bits per heavy atom. The van der Waals surface area contributed by atoms with Crippen molar-refractivity contribution in [2.75, 3.05) is 0 Å². The van der Waals surface area contributed by atoms with Crippen molar-refractivity contribution in [1.29, 1.82) is 0 Å². The zero-order valence-electron chi connectivity index (χ0n) is 13.5. The number of aliphatic hydroxyl groups excluding tert-OH is 1. The number of carbonyl (C=O) groups is 2. The van der Waals surface area contributed by atoms with Crippen LogP contribution in [0, 0.1) is 0 Å². The molecule has 2 aromatic rings. The van der Waals surface area contributed by atoms with E-state index in [1.807, 2.05) is 0 Å². The van der Waals surface area contributed by atoms with Crippen LogP contribution < -0.4 is 4.74 Å². The maximum Gasteiger partial charge on any atom is 0.235 e. The van der Waals surface area contributed by atoms with E-state index in [9.17, 15) is 35.1 Å². The topological polar surface area (TPSA) is 154 Å². The number of fused-ring (bicyclic) bond motifs is 5. The molecule has 1 fully saturated rings. The zero-order chi connectivity index (χ0) is 19.2. The Morgan fingerprint density at radius 1 is 1.00 bits per heavy atom. The highest BCUT2D eigenvalue weighted by Gasteiger charge is 2.58. The van der Waals surface area contributed by atoms with Crippen LogP contribution in [0.5, 0.6) is 23.0 Å². The van der Waals surface area contributed by atoms with E-state index in [0.717, 1.165) is 12.1 Å². The minimum Gasteiger partial charge on any atom is -0.507 e. The molecule has 1 aliphatic carbocycles. The fourth-order valence-electron chi connectivity index (χ4n) is 3.99. The van der Waals surface area contributed by atoms with Gasteiger partial charge < -0.3 is 35.0 Å². The average molecular weight is 372 g/mol. The van der Waals surface area contributed by atoms with Gasteiger partial charge >= 0.3 is 0 Å². The fourth-order valence-corrected chi connectivity index (χ4v) is 3.99. The molecule has 5 N–H and O–H groups in total. The van der Waals surface area contributed by atoms with E-state index in [0.29, 0.717) is 0 Å². The highest BCUT2D eigenvalue weighted by atomic mass is 16.8. The van der Waals surface area contributed by atoms with Crippen LogP contribution in [0.2, 0.25) is 0 Å². The van der Waals surface area contributed by atoms with E-state index in [4.69, 9.17) is 9.47 Å². The first-order valence-electron chi connectivity index (χ1n) is 8.01. The molecule has 27 heavy (non-hydrogen) atoms. The fraction of sp³-hybridized carbons (Fsp3) is 0.222. The molecule has 0 bridgehead atoms. The van der Waals surface area contributed by atoms with Gasteiger partial charge in [0.2, 0.25) is 12.1 Å². The van der Waals surface area contributed by atoms with Gasteiger partial charge in [0.05, 0.1) is 22.3 Å². The molecule has 5 rings (SSSR count). The lowest BCUT2D eigenvalue weighted by atomic mass is 9.79. The van der Waals surface area contributed by atoms with Gasteiger partial charge in [-0.1, -0.05) is 0 Å². The Bertz CT molecular complexity index is 1070. The van der Waals surface area contributed by atoms with Gasteiger partial charge in [-0.3, -0.25) is 9.59 Å². The Balaban J connectivity index is 1.80. The van der Waals surface area contributed by atoms with E-state index in [2.05, 4.69) is 0 Å². The monoisotopic (exact) mass is 372 g/mol. The Morgan fingerprint density at radius 3 is 2.30 bits per heavy atom.